The van der Waals surface area contributed by atoms with Crippen LogP contribution < -0.4 is 21.7 Å². The molecule has 2 aromatic rings. The molecule has 6 unspecified atom stereocenters. The summed E-state index contributed by atoms with van der Waals surface area (Å²) in [6.45, 7) is 2.53. The van der Waals surface area contributed by atoms with E-state index >= 15 is 0 Å². The number of carbonyl (C=O) groups is 4. The number of nitrogens with two attached hydrogens (primary N) is 1. The number of nitrogens with one attached hydrogen (secondary N) is 4. The van der Waals surface area contributed by atoms with Gasteiger partial charge < -0.3 is 47.1 Å². The molecule has 0 fully saturated rings. The second-order valence-electron chi connectivity index (χ2n) is 8.61. The van der Waals surface area contributed by atoms with E-state index in [9.17, 15) is 39.6 Å². The Labute approximate surface area is 212 Å². The molecule has 2 rings (SSSR count). The molecule has 1 aromatic carbocycles. The maximum atomic E-state index is 13.1. The highest BCUT2D eigenvalue weighted by Gasteiger charge is 2.33. The third-order valence-corrected chi connectivity index (χ3v) is 5.49. The molecule has 1 heterocycles. The van der Waals surface area contributed by atoms with Crippen LogP contribution in [0.5, 0.6) is 5.75 Å². The number of benzene rings is 1. The minimum atomic E-state index is -1.57. The number of aromatic amines is 1. The third kappa shape index (κ3) is 8.86. The van der Waals surface area contributed by atoms with E-state index in [4.69, 9.17) is 5.73 Å². The summed E-state index contributed by atoms with van der Waals surface area (Å²) in [6, 6.07) is 0.139. The van der Waals surface area contributed by atoms with Gasteiger partial charge in [0.1, 0.15) is 29.9 Å². The number of rotatable bonds is 13. The molecule has 0 aliphatic rings. The maximum absolute atomic E-state index is 13.1. The number of H-pyrrole nitrogens is 1. The van der Waals surface area contributed by atoms with Gasteiger partial charge >= 0.3 is 5.97 Å². The van der Waals surface area contributed by atoms with Gasteiger partial charge in [0, 0.05) is 24.7 Å². The summed E-state index contributed by atoms with van der Waals surface area (Å²) in [7, 11) is 0. The summed E-state index contributed by atoms with van der Waals surface area (Å²) in [5, 5.41) is 45.8. The Balaban J connectivity index is 2.16. The molecule has 1 aromatic heterocycles. The summed E-state index contributed by atoms with van der Waals surface area (Å²) in [6.07, 6.45) is -0.0711. The normalized spacial score (nSPS) is 15.9. The molecular formula is C23H32N6O8. The fraction of sp³-hybridized carbons (Fsp3) is 0.435. The Kier molecular flexibility index (Phi) is 10.5. The van der Waals surface area contributed by atoms with Crippen LogP contribution in [-0.4, -0.2) is 90.5 Å². The lowest BCUT2D eigenvalue weighted by Gasteiger charge is -2.26. The summed E-state index contributed by atoms with van der Waals surface area (Å²) >= 11 is 0. The molecule has 14 nitrogen and oxygen atoms in total. The average molecular weight is 521 g/mol. The predicted octanol–water partition coefficient (Wildman–Crippen LogP) is -2.47. The Morgan fingerprint density at radius 2 is 1.54 bits per heavy atom. The van der Waals surface area contributed by atoms with Crippen molar-refractivity contribution in [3.63, 3.8) is 0 Å². The Hall–Kier alpha value is -4.01. The molecule has 0 spiro atoms. The zero-order valence-electron chi connectivity index (χ0n) is 20.3. The number of carboxylic acid groups (broad SMARTS) is 1. The highest BCUT2D eigenvalue weighted by Crippen LogP contribution is 2.12. The number of nitrogens with zero attached hydrogens (tertiary/aromatic N) is 1. The molecule has 0 aliphatic heterocycles. The Morgan fingerprint density at radius 3 is 2.05 bits per heavy atom. The van der Waals surface area contributed by atoms with Crippen LogP contribution in [0.4, 0.5) is 0 Å². The number of aromatic hydroxyl groups is 1. The predicted molar refractivity (Wildman–Crippen MR) is 129 cm³/mol. The summed E-state index contributed by atoms with van der Waals surface area (Å²) in [4.78, 5) is 56.7. The van der Waals surface area contributed by atoms with Crippen molar-refractivity contribution in [2.24, 2.45) is 5.73 Å². The largest absolute Gasteiger partial charge is 0.508 e. The van der Waals surface area contributed by atoms with Crippen molar-refractivity contribution in [2.45, 2.75) is 63.1 Å². The molecular weight excluding hydrogens is 488 g/mol. The molecule has 0 aliphatic carbocycles. The summed E-state index contributed by atoms with van der Waals surface area (Å²) in [5.41, 5.74) is 6.62. The average Bonchev–Trinajstić information content (AvgIpc) is 3.34. The van der Waals surface area contributed by atoms with Gasteiger partial charge in [-0.05, 0) is 31.5 Å². The van der Waals surface area contributed by atoms with Gasteiger partial charge in [-0.3, -0.25) is 14.4 Å². The van der Waals surface area contributed by atoms with Gasteiger partial charge in [-0.15, -0.1) is 0 Å². The minimum absolute atomic E-state index is 0.0114. The monoisotopic (exact) mass is 520 g/mol. The van der Waals surface area contributed by atoms with Crippen LogP contribution in [0.3, 0.4) is 0 Å². The van der Waals surface area contributed by atoms with E-state index in [1.807, 2.05) is 0 Å². The number of phenolic OH excluding ortho intramolecular Hbond substituents is 1. The van der Waals surface area contributed by atoms with Gasteiger partial charge in [0.2, 0.25) is 17.7 Å². The van der Waals surface area contributed by atoms with Crippen LogP contribution >= 0.6 is 0 Å². The quantitative estimate of drug-likeness (QED) is 0.135. The zero-order valence-corrected chi connectivity index (χ0v) is 20.3. The van der Waals surface area contributed by atoms with Crippen LogP contribution in [0.2, 0.25) is 0 Å². The van der Waals surface area contributed by atoms with Crippen LogP contribution in [0.15, 0.2) is 36.8 Å². The molecule has 10 N–H and O–H groups in total. The molecule has 202 valence electrons. The van der Waals surface area contributed by atoms with Gasteiger partial charge in [0.05, 0.1) is 18.5 Å². The number of phenols is 1. The van der Waals surface area contributed by atoms with Crippen molar-refractivity contribution in [1.29, 1.82) is 0 Å². The number of hydrogen-bond donors (Lipinski definition) is 9. The molecule has 37 heavy (non-hydrogen) atoms. The van der Waals surface area contributed by atoms with E-state index in [1.54, 1.807) is 0 Å². The van der Waals surface area contributed by atoms with E-state index < -0.39 is 60.1 Å². The van der Waals surface area contributed by atoms with Crippen LogP contribution in [0.1, 0.15) is 25.1 Å². The van der Waals surface area contributed by atoms with E-state index in [1.165, 1.54) is 50.6 Å². The van der Waals surface area contributed by atoms with Gasteiger partial charge in [-0.25, -0.2) is 9.78 Å². The van der Waals surface area contributed by atoms with E-state index in [0.717, 1.165) is 0 Å². The van der Waals surface area contributed by atoms with Gasteiger partial charge in [-0.1, -0.05) is 12.1 Å². The number of carboxylic acids is 1. The minimum Gasteiger partial charge on any atom is -0.508 e. The van der Waals surface area contributed by atoms with Gasteiger partial charge in [0.15, 0.2) is 0 Å². The standard InChI is InChI=1S/C23H32N6O8/c1-11(30)18(24)21(34)27-16(8-14-9-25-10-26-14)20(33)29-19(12(2)31)22(35)28-17(23(36)37)7-13-3-5-15(32)6-4-13/h3-6,9-12,16-19,30-32H,7-8,24H2,1-2H3,(H,25,26)(H,27,34)(H,28,35)(H,29,33)(H,36,37). The number of imidazole rings is 1. The lowest BCUT2D eigenvalue weighted by Crippen LogP contribution is -2.61. The lowest BCUT2D eigenvalue weighted by molar-refractivity contribution is -0.143. The lowest BCUT2D eigenvalue weighted by atomic mass is 10.0. The smallest absolute Gasteiger partial charge is 0.326 e. The first-order valence-electron chi connectivity index (χ1n) is 11.4. The van der Waals surface area contributed by atoms with E-state index in [0.29, 0.717) is 11.3 Å². The number of aliphatic hydroxyl groups excluding tert-OH is 2. The number of aliphatic carboxylic acids is 1. The number of aliphatic hydroxyl groups is 2. The van der Waals surface area contributed by atoms with Crippen molar-refractivity contribution >= 4 is 23.7 Å². The summed E-state index contributed by atoms with van der Waals surface area (Å²) < 4.78 is 0. The van der Waals surface area contributed by atoms with E-state index in [-0.39, 0.29) is 18.6 Å². The maximum Gasteiger partial charge on any atom is 0.326 e. The van der Waals surface area contributed by atoms with Gasteiger partial charge in [-0.2, -0.15) is 0 Å². The molecule has 0 bridgehead atoms. The first kappa shape index (κ1) is 29.2. The SMILES string of the molecule is CC(O)C(N)C(=O)NC(Cc1cnc[nH]1)C(=O)NC(C(=O)NC(Cc1ccc(O)cc1)C(=O)O)C(C)O. The summed E-state index contributed by atoms with van der Waals surface area (Å²) in [5.74, 6) is -4.03. The second kappa shape index (κ2) is 13.3. The van der Waals surface area contributed by atoms with Crippen molar-refractivity contribution in [1.82, 2.24) is 25.9 Å². The van der Waals surface area contributed by atoms with Crippen LogP contribution in [-0.2, 0) is 32.0 Å². The van der Waals surface area contributed by atoms with Gasteiger partial charge in [0.25, 0.3) is 0 Å². The van der Waals surface area contributed by atoms with Crippen molar-refractivity contribution in [3.05, 3.63) is 48.0 Å². The highest BCUT2D eigenvalue weighted by atomic mass is 16.4. The molecule has 0 saturated heterocycles. The molecule has 0 radical (unpaired) electrons. The second-order valence-corrected chi connectivity index (χ2v) is 8.61. The first-order chi connectivity index (χ1) is 17.4. The first-order valence-corrected chi connectivity index (χ1v) is 11.4. The number of hydrogen-bond acceptors (Lipinski definition) is 9. The number of aromatic nitrogens is 2. The fourth-order valence-corrected chi connectivity index (χ4v) is 3.30. The molecule has 6 atom stereocenters. The Bertz CT molecular complexity index is 1060. The molecule has 0 saturated carbocycles. The fourth-order valence-electron chi connectivity index (χ4n) is 3.30. The molecule has 14 heteroatoms. The number of amides is 3. The van der Waals surface area contributed by atoms with Crippen LogP contribution in [0, 0.1) is 0 Å². The molecule has 3 amide bonds. The number of carbonyl (C=O) groups excluding carboxylic acids is 3. The third-order valence-electron chi connectivity index (χ3n) is 5.49. The topological polar surface area (TPSA) is 240 Å². The van der Waals surface area contributed by atoms with Crippen molar-refractivity contribution < 1.29 is 39.6 Å². The zero-order chi connectivity index (χ0) is 27.7. The van der Waals surface area contributed by atoms with Crippen molar-refractivity contribution in [2.75, 3.05) is 0 Å². The highest BCUT2D eigenvalue weighted by molar-refractivity contribution is 5.94. The van der Waals surface area contributed by atoms with Crippen molar-refractivity contribution in [3.8, 4) is 5.75 Å². The Morgan fingerprint density at radius 1 is 0.919 bits per heavy atom. The van der Waals surface area contributed by atoms with E-state index in [2.05, 4.69) is 25.9 Å². The van der Waals surface area contributed by atoms with Crippen LogP contribution in [0.25, 0.3) is 0 Å².